The molecule has 0 radical (unpaired) electrons. The Morgan fingerprint density at radius 3 is 2.86 bits per heavy atom. The van der Waals surface area contributed by atoms with Gasteiger partial charge in [-0.1, -0.05) is 29.8 Å². The first-order valence-corrected chi connectivity index (χ1v) is 4.52. The summed E-state index contributed by atoms with van der Waals surface area (Å²) in [6, 6.07) is 6.79. The molecule has 1 atom stereocenters. The topological polar surface area (TPSA) is 26.3 Å². The zero-order valence-electron chi connectivity index (χ0n) is 8.29. The molecular weight excluding hydrogens is 183 g/mol. The highest BCUT2D eigenvalue weighted by molar-refractivity contribution is 5.76. The van der Waals surface area contributed by atoms with Gasteiger partial charge in [-0.05, 0) is 19.4 Å². The summed E-state index contributed by atoms with van der Waals surface area (Å²) >= 11 is 0. The molecule has 0 aliphatic heterocycles. The summed E-state index contributed by atoms with van der Waals surface area (Å²) in [5, 5.41) is 0. The van der Waals surface area contributed by atoms with E-state index in [2.05, 4.69) is 4.74 Å². The standard InChI is InChI=1S/C11H13FO2/c1-3-14-11(13)10(12)9-6-4-5-8(2)7-9/h4-7,10H,3H2,1-2H3/t10-/m1/s1. The van der Waals surface area contributed by atoms with E-state index in [1.807, 2.05) is 13.0 Å². The highest BCUT2D eigenvalue weighted by Gasteiger charge is 2.20. The van der Waals surface area contributed by atoms with E-state index in [4.69, 9.17) is 0 Å². The van der Waals surface area contributed by atoms with Gasteiger partial charge in [0.2, 0.25) is 6.17 Å². The molecule has 0 unspecified atom stereocenters. The minimum atomic E-state index is -1.67. The van der Waals surface area contributed by atoms with Gasteiger partial charge in [0.1, 0.15) is 0 Å². The van der Waals surface area contributed by atoms with Crippen LogP contribution in [0, 0.1) is 6.92 Å². The largest absolute Gasteiger partial charge is 0.464 e. The molecule has 0 spiro atoms. The fraction of sp³-hybridized carbons (Fsp3) is 0.364. The van der Waals surface area contributed by atoms with E-state index in [-0.39, 0.29) is 6.61 Å². The van der Waals surface area contributed by atoms with Crippen molar-refractivity contribution in [2.75, 3.05) is 6.61 Å². The first kappa shape index (κ1) is 10.7. The number of hydrogen-bond acceptors (Lipinski definition) is 2. The Morgan fingerprint density at radius 1 is 1.57 bits per heavy atom. The van der Waals surface area contributed by atoms with E-state index in [0.29, 0.717) is 5.56 Å². The van der Waals surface area contributed by atoms with Gasteiger partial charge in [0.05, 0.1) is 6.61 Å². The van der Waals surface area contributed by atoms with Crippen LogP contribution in [0.5, 0.6) is 0 Å². The smallest absolute Gasteiger partial charge is 0.345 e. The van der Waals surface area contributed by atoms with Crippen molar-refractivity contribution in [1.29, 1.82) is 0 Å². The average Bonchev–Trinajstić information content (AvgIpc) is 2.17. The van der Waals surface area contributed by atoms with Crippen molar-refractivity contribution in [3.8, 4) is 0 Å². The fourth-order valence-corrected chi connectivity index (χ4v) is 1.18. The Morgan fingerprint density at radius 2 is 2.29 bits per heavy atom. The predicted octanol–water partition coefficient (Wildman–Crippen LogP) is 2.57. The Balaban J connectivity index is 2.78. The Labute approximate surface area is 82.7 Å². The number of rotatable bonds is 3. The van der Waals surface area contributed by atoms with E-state index < -0.39 is 12.1 Å². The summed E-state index contributed by atoms with van der Waals surface area (Å²) in [7, 11) is 0. The molecule has 0 aliphatic carbocycles. The Kier molecular flexibility index (Phi) is 3.63. The van der Waals surface area contributed by atoms with Crippen LogP contribution in [0.4, 0.5) is 4.39 Å². The number of carbonyl (C=O) groups excluding carboxylic acids is 1. The quantitative estimate of drug-likeness (QED) is 0.694. The first-order chi connectivity index (χ1) is 6.65. The Bertz CT molecular complexity index is 323. The van der Waals surface area contributed by atoms with Crippen LogP contribution < -0.4 is 0 Å². The van der Waals surface area contributed by atoms with Gasteiger partial charge < -0.3 is 4.74 Å². The summed E-state index contributed by atoms with van der Waals surface area (Å²) in [4.78, 5) is 11.1. The second kappa shape index (κ2) is 4.74. The van der Waals surface area contributed by atoms with Gasteiger partial charge in [0, 0.05) is 0 Å². The normalized spacial score (nSPS) is 12.2. The lowest BCUT2D eigenvalue weighted by Gasteiger charge is -2.07. The average molecular weight is 196 g/mol. The van der Waals surface area contributed by atoms with E-state index in [1.165, 1.54) is 0 Å². The lowest BCUT2D eigenvalue weighted by atomic mass is 10.1. The van der Waals surface area contributed by atoms with E-state index in [1.54, 1.807) is 25.1 Å². The van der Waals surface area contributed by atoms with Crippen LogP contribution in [-0.2, 0) is 9.53 Å². The van der Waals surface area contributed by atoms with Crippen LogP contribution in [0.1, 0.15) is 24.2 Å². The molecule has 1 aromatic carbocycles. The second-order valence-corrected chi connectivity index (χ2v) is 3.03. The van der Waals surface area contributed by atoms with Crippen molar-refractivity contribution in [3.63, 3.8) is 0 Å². The van der Waals surface area contributed by atoms with Crippen molar-refractivity contribution in [2.45, 2.75) is 20.0 Å². The van der Waals surface area contributed by atoms with Crippen LogP contribution in [0.2, 0.25) is 0 Å². The molecule has 0 saturated heterocycles. The first-order valence-electron chi connectivity index (χ1n) is 4.52. The van der Waals surface area contributed by atoms with Gasteiger partial charge in [-0.3, -0.25) is 0 Å². The van der Waals surface area contributed by atoms with Gasteiger partial charge in [-0.15, -0.1) is 0 Å². The van der Waals surface area contributed by atoms with Crippen molar-refractivity contribution in [3.05, 3.63) is 35.4 Å². The van der Waals surface area contributed by atoms with Gasteiger partial charge >= 0.3 is 5.97 Å². The van der Waals surface area contributed by atoms with Gasteiger partial charge in [-0.25, -0.2) is 9.18 Å². The summed E-state index contributed by atoms with van der Waals surface area (Å²) in [6.07, 6.45) is -1.67. The highest BCUT2D eigenvalue weighted by Crippen LogP contribution is 2.19. The maximum absolute atomic E-state index is 13.4. The van der Waals surface area contributed by atoms with E-state index >= 15 is 0 Å². The molecule has 2 nitrogen and oxygen atoms in total. The minimum Gasteiger partial charge on any atom is -0.464 e. The molecule has 0 saturated carbocycles. The Hall–Kier alpha value is -1.38. The molecule has 1 rings (SSSR count). The fourth-order valence-electron chi connectivity index (χ4n) is 1.18. The summed E-state index contributed by atoms with van der Waals surface area (Å²) < 4.78 is 18.0. The molecule has 0 bridgehead atoms. The summed E-state index contributed by atoms with van der Waals surface area (Å²) in [5.74, 6) is -0.821. The zero-order valence-corrected chi connectivity index (χ0v) is 8.29. The number of carbonyl (C=O) groups is 1. The molecule has 14 heavy (non-hydrogen) atoms. The van der Waals surface area contributed by atoms with Crippen LogP contribution in [-0.4, -0.2) is 12.6 Å². The molecule has 76 valence electrons. The SMILES string of the molecule is CCOC(=O)[C@H](F)c1cccc(C)c1. The van der Waals surface area contributed by atoms with Crippen LogP contribution in [0.3, 0.4) is 0 Å². The minimum absolute atomic E-state index is 0.199. The van der Waals surface area contributed by atoms with Crippen LogP contribution in [0.25, 0.3) is 0 Å². The predicted molar refractivity (Wildman–Crippen MR) is 51.7 cm³/mol. The molecule has 0 amide bonds. The lowest BCUT2D eigenvalue weighted by Crippen LogP contribution is -2.11. The second-order valence-electron chi connectivity index (χ2n) is 3.03. The number of benzene rings is 1. The number of esters is 1. The third kappa shape index (κ3) is 2.55. The number of hydrogen-bond donors (Lipinski definition) is 0. The third-order valence-corrected chi connectivity index (χ3v) is 1.83. The molecule has 0 aliphatic rings. The molecule has 1 aromatic rings. The molecule has 0 N–H and O–H groups in total. The third-order valence-electron chi connectivity index (χ3n) is 1.83. The van der Waals surface area contributed by atoms with E-state index in [9.17, 15) is 9.18 Å². The maximum atomic E-state index is 13.4. The number of ether oxygens (including phenoxy) is 1. The molecule has 0 aromatic heterocycles. The van der Waals surface area contributed by atoms with Crippen LogP contribution >= 0.6 is 0 Å². The molecule has 0 fully saturated rings. The number of halogens is 1. The number of aryl methyl sites for hydroxylation is 1. The number of alkyl halides is 1. The van der Waals surface area contributed by atoms with Crippen molar-refractivity contribution in [2.24, 2.45) is 0 Å². The molecule has 3 heteroatoms. The zero-order chi connectivity index (χ0) is 10.6. The highest BCUT2D eigenvalue weighted by atomic mass is 19.1. The molecular formula is C11H13FO2. The van der Waals surface area contributed by atoms with Crippen molar-refractivity contribution < 1.29 is 13.9 Å². The van der Waals surface area contributed by atoms with Gasteiger partial charge in [-0.2, -0.15) is 0 Å². The summed E-state index contributed by atoms with van der Waals surface area (Å²) in [6.45, 7) is 3.70. The van der Waals surface area contributed by atoms with Crippen molar-refractivity contribution in [1.82, 2.24) is 0 Å². The van der Waals surface area contributed by atoms with E-state index in [0.717, 1.165) is 5.56 Å². The molecule has 0 heterocycles. The van der Waals surface area contributed by atoms with Crippen LogP contribution in [0.15, 0.2) is 24.3 Å². The van der Waals surface area contributed by atoms with Crippen molar-refractivity contribution >= 4 is 5.97 Å². The van der Waals surface area contributed by atoms with Gasteiger partial charge in [0.15, 0.2) is 0 Å². The lowest BCUT2D eigenvalue weighted by molar-refractivity contribution is -0.149. The van der Waals surface area contributed by atoms with Gasteiger partial charge in [0.25, 0.3) is 0 Å². The maximum Gasteiger partial charge on any atom is 0.345 e. The summed E-state index contributed by atoms with van der Waals surface area (Å²) in [5.41, 5.74) is 1.28. The monoisotopic (exact) mass is 196 g/mol.